The number of rotatable bonds is 8. The van der Waals surface area contributed by atoms with Gasteiger partial charge in [0.25, 0.3) is 17.7 Å². The summed E-state index contributed by atoms with van der Waals surface area (Å²) >= 11 is 6.44. The minimum atomic E-state index is -0.574. The number of hydrogen-bond donors (Lipinski definition) is 2. The van der Waals surface area contributed by atoms with Gasteiger partial charge in [-0.1, -0.05) is 90.7 Å². The highest BCUT2D eigenvalue weighted by atomic mass is 32.2. The van der Waals surface area contributed by atoms with E-state index in [4.69, 9.17) is 17.0 Å². The molecule has 0 spiro atoms. The van der Waals surface area contributed by atoms with E-state index in [0.717, 1.165) is 28.5 Å². The molecule has 0 radical (unpaired) electrons. The van der Waals surface area contributed by atoms with Crippen molar-refractivity contribution in [3.63, 3.8) is 0 Å². The second-order valence-corrected chi connectivity index (χ2v) is 10.0. The number of carbonyl (C=O) groups is 3. The first-order valence-electron chi connectivity index (χ1n) is 11.7. The molecule has 1 aliphatic rings. The Kier molecular flexibility index (Phi) is 9.07. The van der Waals surface area contributed by atoms with Gasteiger partial charge >= 0.3 is 0 Å². The van der Waals surface area contributed by atoms with E-state index in [0.29, 0.717) is 22.8 Å². The summed E-state index contributed by atoms with van der Waals surface area (Å²) in [6, 6.07) is 26.0. The standard InChI is InChI=1S/C29H25N3O4S2/c1-20(16-21-8-4-2-5-9-21)17-25-28(35)32(29(37)38-25)18-26(33)30-31-27(34)23-12-14-24(15-13-23)36-19-22-10-6-3-7-11-22/h2-17H,18-19H2,1H3,(H,30,33)(H,31,34)/b20-16+,25-17-. The number of ether oxygens (including phenoxy) is 1. The van der Waals surface area contributed by atoms with Crippen LogP contribution in [0.1, 0.15) is 28.4 Å². The average molecular weight is 544 g/mol. The predicted octanol–water partition coefficient (Wildman–Crippen LogP) is 4.87. The van der Waals surface area contributed by atoms with E-state index in [-0.39, 0.29) is 16.8 Å². The first kappa shape index (κ1) is 26.8. The molecule has 1 fully saturated rings. The Morgan fingerprint density at radius 3 is 2.29 bits per heavy atom. The summed E-state index contributed by atoms with van der Waals surface area (Å²) in [6.45, 7) is 2.00. The largest absolute Gasteiger partial charge is 0.489 e. The maximum atomic E-state index is 12.8. The van der Waals surface area contributed by atoms with Crippen LogP contribution >= 0.6 is 24.0 Å². The van der Waals surface area contributed by atoms with Crippen molar-refractivity contribution in [2.45, 2.75) is 13.5 Å². The number of hydrazine groups is 1. The second kappa shape index (κ2) is 12.8. The van der Waals surface area contributed by atoms with Crippen LogP contribution in [0.2, 0.25) is 0 Å². The van der Waals surface area contributed by atoms with Gasteiger partial charge in [0.15, 0.2) is 0 Å². The van der Waals surface area contributed by atoms with E-state index in [1.54, 1.807) is 30.3 Å². The highest BCUT2D eigenvalue weighted by molar-refractivity contribution is 8.26. The number of allylic oxidation sites excluding steroid dienone is 2. The minimum absolute atomic E-state index is 0.279. The van der Waals surface area contributed by atoms with Gasteiger partial charge in [0.1, 0.15) is 23.2 Å². The van der Waals surface area contributed by atoms with Gasteiger partial charge in [-0.25, -0.2) is 0 Å². The Labute approximate surface area is 230 Å². The Morgan fingerprint density at radius 2 is 1.61 bits per heavy atom. The molecule has 1 aliphatic heterocycles. The summed E-state index contributed by atoms with van der Waals surface area (Å²) in [5, 5.41) is 0. The number of amides is 3. The third kappa shape index (κ3) is 7.41. The van der Waals surface area contributed by atoms with E-state index in [1.165, 1.54) is 4.90 Å². The molecule has 3 amide bonds. The van der Waals surface area contributed by atoms with E-state index in [9.17, 15) is 14.4 Å². The van der Waals surface area contributed by atoms with E-state index >= 15 is 0 Å². The molecular formula is C29H25N3O4S2. The Balaban J connectivity index is 1.26. The van der Waals surface area contributed by atoms with Gasteiger partial charge < -0.3 is 4.74 Å². The third-order valence-corrected chi connectivity index (χ3v) is 6.79. The van der Waals surface area contributed by atoms with Crippen molar-refractivity contribution in [2.75, 3.05) is 6.54 Å². The summed E-state index contributed by atoms with van der Waals surface area (Å²) in [4.78, 5) is 39.3. The van der Waals surface area contributed by atoms with Crippen molar-refractivity contribution >= 4 is 52.1 Å². The molecule has 0 aromatic heterocycles. The molecule has 0 unspecified atom stereocenters. The molecule has 3 aromatic carbocycles. The molecule has 0 aliphatic carbocycles. The molecule has 0 bridgehead atoms. The van der Waals surface area contributed by atoms with Gasteiger partial charge in [-0.3, -0.25) is 30.1 Å². The first-order chi connectivity index (χ1) is 18.4. The zero-order valence-corrected chi connectivity index (χ0v) is 22.2. The molecule has 1 saturated heterocycles. The fourth-order valence-electron chi connectivity index (χ4n) is 3.52. The molecule has 192 valence electrons. The third-order valence-electron chi connectivity index (χ3n) is 5.41. The van der Waals surface area contributed by atoms with Gasteiger partial charge in [0.05, 0.1) is 4.91 Å². The summed E-state index contributed by atoms with van der Waals surface area (Å²) in [6.07, 6.45) is 3.70. The lowest BCUT2D eigenvalue weighted by Gasteiger charge is -2.14. The minimum Gasteiger partial charge on any atom is -0.489 e. The second-order valence-electron chi connectivity index (χ2n) is 8.37. The van der Waals surface area contributed by atoms with Crippen LogP contribution in [0.15, 0.2) is 101 Å². The van der Waals surface area contributed by atoms with Crippen molar-refractivity contribution in [1.29, 1.82) is 0 Å². The summed E-state index contributed by atoms with van der Waals surface area (Å²) in [7, 11) is 0. The number of carbonyl (C=O) groups excluding carboxylic acids is 3. The Morgan fingerprint density at radius 1 is 0.947 bits per heavy atom. The molecule has 9 heteroatoms. The van der Waals surface area contributed by atoms with Gasteiger partial charge in [-0.05, 0) is 54.0 Å². The quantitative estimate of drug-likeness (QED) is 0.239. The van der Waals surface area contributed by atoms with Gasteiger partial charge in [0, 0.05) is 5.56 Å². The van der Waals surface area contributed by atoms with Crippen LogP contribution in [-0.2, 0) is 16.2 Å². The smallest absolute Gasteiger partial charge is 0.269 e. The van der Waals surface area contributed by atoms with E-state index < -0.39 is 11.8 Å². The lowest BCUT2D eigenvalue weighted by Crippen LogP contribution is -2.47. The van der Waals surface area contributed by atoms with Crippen LogP contribution in [0.4, 0.5) is 0 Å². The van der Waals surface area contributed by atoms with Crippen molar-refractivity contribution in [2.24, 2.45) is 0 Å². The summed E-state index contributed by atoms with van der Waals surface area (Å²) < 4.78 is 6.00. The monoisotopic (exact) mass is 543 g/mol. The maximum Gasteiger partial charge on any atom is 0.269 e. The normalized spacial score (nSPS) is 14.5. The molecule has 4 rings (SSSR count). The van der Waals surface area contributed by atoms with Crippen LogP contribution in [0.5, 0.6) is 5.75 Å². The van der Waals surface area contributed by atoms with E-state index in [2.05, 4.69) is 10.9 Å². The highest BCUT2D eigenvalue weighted by Crippen LogP contribution is 2.31. The molecule has 7 nitrogen and oxygen atoms in total. The molecule has 0 saturated carbocycles. The van der Waals surface area contributed by atoms with Crippen molar-refractivity contribution < 1.29 is 19.1 Å². The molecular weight excluding hydrogens is 518 g/mol. The van der Waals surface area contributed by atoms with E-state index in [1.807, 2.05) is 73.7 Å². The summed E-state index contributed by atoms with van der Waals surface area (Å²) in [5.41, 5.74) is 7.96. The number of benzene rings is 3. The van der Waals surface area contributed by atoms with Crippen LogP contribution < -0.4 is 15.6 Å². The van der Waals surface area contributed by atoms with Crippen LogP contribution in [0, 0.1) is 0 Å². The van der Waals surface area contributed by atoms with Gasteiger partial charge in [0.2, 0.25) is 0 Å². The predicted molar refractivity (Wildman–Crippen MR) is 153 cm³/mol. The zero-order chi connectivity index (χ0) is 26.9. The number of thiocarbonyl (C=S) groups is 1. The molecule has 38 heavy (non-hydrogen) atoms. The van der Waals surface area contributed by atoms with Crippen LogP contribution in [-0.4, -0.2) is 33.5 Å². The molecule has 3 aromatic rings. The Hall–Kier alpha value is -4.21. The van der Waals surface area contributed by atoms with Crippen LogP contribution in [0.25, 0.3) is 6.08 Å². The highest BCUT2D eigenvalue weighted by Gasteiger charge is 2.33. The number of nitrogens with zero attached hydrogens (tertiary/aromatic N) is 1. The number of nitrogens with one attached hydrogen (secondary N) is 2. The number of hydrogen-bond acceptors (Lipinski definition) is 6. The zero-order valence-electron chi connectivity index (χ0n) is 20.5. The summed E-state index contributed by atoms with van der Waals surface area (Å²) in [5.74, 6) is -0.811. The first-order valence-corrected chi connectivity index (χ1v) is 13.0. The molecule has 1 heterocycles. The SMILES string of the molecule is CC(/C=C1\SC(=S)N(CC(=O)NNC(=O)c2ccc(OCc3ccccc3)cc2)C1=O)=C\c1ccccc1. The topological polar surface area (TPSA) is 87.7 Å². The van der Waals surface area contributed by atoms with Gasteiger partial charge in [-0.2, -0.15) is 0 Å². The molecule has 0 atom stereocenters. The average Bonchev–Trinajstić information content (AvgIpc) is 3.19. The lowest BCUT2D eigenvalue weighted by molar-refractivity contribution is -0.129. The Bertz CT molecular complexity index is 1390. The number of thioether (sulfide) groups is 1. The fourth-order valence-corrected chi connectivity index (χ4v) is 4.83. The van der Waals surface area contributed by atoms with Crippen molar-refractivity contribution in [3.8, 4) is 5.75 Å². The van der Waals surface area contributed by atoms with Gasteiger partial charge in [-0.15, -0.1) is 0 Å². The maximum absolute atomic E-state index is 12.8. The van der Waals surface area contributed by atoms with Crippen molar-refractivity contribution in [1.82, 2.24) is 15.8 Å². The lowest BCUT2D eigenvalue weighted by atomic mass is 10.1. The van der Waals surface area contributed by atoms with Crippen LogP contribution in [0.3, 0.4) is 0 Å². The fraction of sp³-hybridized carbons (Fsp3) is 0.103. The van der Waals surface area contributed by atoms with Crippen molar-refractivity contribution in [3.05, 3.63) is 118 Å². The molecule has 2 N–H and O–H groups in total.